The Hall–Kier alpha value is -3.42. The summed E-state index contributed by atoms with van der Waals surface area (Å²) in [7, 11) is 0. The zero-order valence-electron chi connectivity index (χ0n) is 14.4. The van der Waals surface area contributed by atoms with Gasteiger partial charge in [-0.3, -0.25) is 9.59 Å². The summed E-state index contributed by atoms with van der Waals surface area (Å²) in [4.78, 5) is 35.5. The molecule has 1 atom stereocenters. The summed E-state index contributed by atoms with van der Waals surface area (Å²) in [5.74, 6) is -1.15. The SMILES string of the molecule is C[C@@H](Oc1ccc(F)cc1)C(=O)OCC(=O)c1ccc2c(c1)NC(=O)CO2. The molecule has 0 unspecified atom stereocenters. The number of Topliss-reactive ketones (excluding diaryl/α,β-unsaturated/α-hetero) is 1. The van der Waals surface area contributed by atoms with Crippen LogP contribution < -0.4 is 14.8 Å². The molecule has 1 amide bonds. The highest BCUT2D eigenvalue weighted by Gasteiger charge is 2.21. The summed E-state index contributed by atoms with van der Waals surface area (Å²) in [6, 6.07) is 9.71. The van der Waals surface area contributed by atoms with Gasteiger partial charge in [-0.2, -0.15) is 0 Å². The molecule has 0 saturated carbocycles. The first-order valence-corrected chi connectivity index (χ1v) is 8.11. The van der Waals surface area contributed by atoms with Gasteiger partial charge >= 0.3 is 5.97 Å². The minimum atomic E-state index is -0.973. The van der Waals surface area contributed by atoms with Crippen molar-refractivity contribution in [3.8, 4) is 11.5 Å². The maximum absolute atomic E-state index is 12.9. The molecular formula is C19H16FNO6. The van der Waals surface area contributed by atoms with E-state index in [0.717, 1.165) is 0 Å². The molecule has 1 heterocycles. The van der Waals surface area contributed by atoms with Crippen LogP contribution in [0, 0.1) is 5.82 Å². The van der Waals surface area contributed by atoms with Crippen molar-refractivity contribution in [3.05, 3.63) is 53.8 Å². The first-order chi connectivity index (χ1) is 12.9. The number of nitrogens with one attached hydrogen (secondary N) is 1. The highest BCUT2D eigenvalue weighted by molar-refractivity contribution is 6.01. The Bertz CT molecular complexity index is 880. The number of carbonyl (C=O) groups excluding carboxylic acids is 3. The molecule has 1 aliphatic heterocycles. The highest BCUT2D eigenvalue weighted by Crippen LogP contribution is 2.28. The second-order valence-electron chi connectivity index (χ2n) is 5.79. The maximum atomic E-state index is 12.9. The number of fused-ring (bicyclic) bond motifs is 1. The van der Waals surface area contributed by atoms with E-state index in [1.165, 1.54) is 43.3 Å². The lowest BCUT2D eigenvalue weighted by Gasteiger charge is -2.18. The van der Waals surface area contributed by atoms with Crippen LogP contribution >= 0.6 is 0 Å². The normalized spacial score (nSPS) is 13.6. The van der Waals surface area contributed by atoms with Gasteiger partial charge in [-0.1, -0.05) is 0 Å². The van der Waals surface area contributed by atoms with Gasteiger partial charge in [-0.25, -0.2) is 9.18 Å². The number of esters is 1. The van der Waals surface area contributed by atoms with E-state index in [1.807, 2.05) is 0 Å². The van der Waals surface area contributed by atoms with Crippen LogP contribution in [0.2, 0.25) is 0 Å². The van der Waals surface area contributed by atoms with E-state index in [1.54, 1.807) is 6.07 Å². The molecule has 2 aromatic rings. The van der Waals surface area contributed by atoms with Crippen LogP contribution in [0.1, 0.15) is 17.3 Å². The van der Waals surface area contributed by atoms with Crippen molar-refractivity contribution in [1.29, 1.82) is 0 Å². The van der Waals surface area contributed by atoms with Crippen LogP contribution in [0.25, 0.3) is 0 Å². The minimum absolute atomic E-state index is 0.0795. The van der Waals surface area contributed by atoms with Gasteiger partial charge in [0, 0.05) is 5.56 Å². The van der Waals surface area contributed by atoms with Gasteiger partial charge < -0.3 is 19.5 Å². The van der Waals surface area contributed by atoms with Crippen molar-refractivity contribution >= 4 is 23.3 Å². The van der Waals surface area contributed by atoms with Crippen molar-refractivity contribution in [2.24, 2.45) is 0 Å². The number of hydrogen-bond donors (Lipinski definition) is 1. The zero-order valence-corrected chi connectivity index (χ0v) is 14.4. The van der Waals surface area contributed by atoms with E-state index >= 15 is 0 Å². The van der Waals surface area contributed by atoms with Crippen molar-refractivity contribution in [2.45, 2.75) is 13.0 Å². The van der Waals surface area contributed by atoms with Gasteiger partial charge in [-0.15, -0.1) is 0 Å². The summed E-state index contributed by atoms with van der Waals surface area (Å²) >= 11 is 0. The number of anilines is 1. The Kier molecular flexibility index (Phi) is 5.35. The maximum Gasteiger partial charge on any atom is 0.347 e. The van der Waals surface area contributed by atoms with E-state index in [-0.39, 0.29) is 18.1 Å². The molecule has 2 aromatic carbocycles. The van der Waals surface area contributed by atoms with Crippen LogP contribution in [0.15, 0.2) is 42.5 Å². The second-order valence-corrected chi connectivity index (χ2v) is 5.79. The molecule has 0 bridgehead atoms. The molecule has 0 saturated heterocycles. The van der Waals surface area contributed by atoms with Gasteiger partial charge in [0.15, 0.2) is 25.1 Å². The lowest BCUT2D eigenvalue weighted by Crippen LogP contribution is -2.28. The standard InChI is InChI=1S/C19H16FNO6/c1-11(27-14-5-3-13(20)4-6-14)19(24)26-9-16(22)12-2-7-17-15(8-12)21-18(23)10-25-17/h2-8,11H,9-10H2,1H3,(H,21,23)/t11-/m1/s1. The van der Waals surface area contributed by atoms with Crippen LogP contribution in [0.5, 0.6) is 11.5 Å². The van der Waals surface area contributed by atoms with Crippen LogP contribution in [0.3, 0.4) is 0 Å². The Morgan fingerprint density at radius 2 is 1.96 bits per heavy atom. The molecule has 0 spiro atoms. The number of carbonyl (C=O) groups is 3. The fraction of sp³-hybridized carbons (Fsp3) is 0.211. The average molecular weight is 373 g/mol. The van der Waals surface area contributed by atoms with Crippen LogP contribution in [-0.2, 0) is 14.3 Å². The molecule has 0 aromatic heterocycles. The number of benzene rings is 2. The molecule has 0 radical (unpaired) electrons. The topological polar surface area (TPSA) is 90.9 Å². The van der Waals surface area contributed by atoms with Gasteiger partial charge in [0.05, 0.1) is 5.69 Å². The van der Waals surface area contributed by atoms with Crippen LogP contribution in [-0.4, -0.2) is 37.0 Å². The first-order valence-electron chi connectivity index (χ1n) is 8.11. The number of ketones is 1. The Morgan fingerprint density at radius 1 is 1.22 bits per heavy atom. The molecule has 0 aliphatic carbocycles. The summed E-state index contributed by atoms with van der Waals surface area (Å²) in [6.45, 7) is 0.898. The van der Waals surface area contributed by atoms with Crippen LogP contribution in [0.4, 0.5) is 10.1 Å². The third-order valence-electron chi connectivity index (χ3n) is 3.74. The fourth-order valence-corrected chi connectivity index (χ4v) is 2.36. The number of rotatable bonds is 6. The number of amides is 1. The monoisotopic (exact) mass is 373 g/mol. The second kappa shape index (κ2) is 7.86. The zero-order chi connectivity index (χ0) is 19.4. The molecule has 3 rings (SSSR count). The van der Waals surface area contributed by atoms with Gasteiger partial charge in [-0.05, 0) is 49.4 Å². The minimum Gasteiger partial charge on any atom is -0.482 e. The summed E-state index contributed by atoms with van der Waals surface area (Å²) in [6.07, 6.45) is -0.973. The molecule has 1 aliphatic rings. The predicted octanol–water partition coefficient (Wildman–Crippen LogP) is 2.35. The van der Waals surface area contributed by atoms with E-state index in [0.29, 0.717) is 17.2 Å². The molecule has 0 fully saturated rings. The molecular weight excluding hydrogens is 357 g/mol. The Morgan fingerprint density at radius 3 is 2.70 bits per heavy atom. The van der Waals surface area contributed by atoms with E-state index < -0.39 is 30.3 Å². The molecule has 1 N–H and O–H groups in total. The van der Waals surface area contributed by atoms with E-state index in [9.17, 15) is 18.8 Å². The fourth-order valence-electron chi connectivity index (χ4n) is 2.36. The van der Waals surface area contributed by atoms with Crippen molar-refractivity contribution < 1.29 is 33.0 Å². The molecule has 7 nitrogen and oxygen atoms in total. The third-order valence-corrected chi connectivity index (χ3v) is 3.74. The van der Waals surface area contributed by atoms with Gasteiger partial charge in [0.2, 0.25) is 0 Å². The van der Waals surface area contributed by atoms with E-state index in [4.69, 9.17) is 14.2 Å². The van der Waals surface area contributed by atoms with Gasteiger partial charge in [0.1, 0.15) is 17.3 Å². The van der Waals surface area contributed by atoms with Gasteiger partial charge in [0.25, 0.3) is 5.91 Å². The summed E-state index contributed by atoms with van der Waals surface area (Å²) in [5.41, 5.74) is 0.649. The molecule has 27 heavy (non-hydrogen) atoms. The Labute approximate surface area is 154 Å². The average Bonchev–Trinajstić information content (AvgIpc) is 2.66. The predicted molar refractivity (Wildman–Crippen MR) is 92.3 cm³/mol. The number of halogens is 1. The lowest BCUT2D eigenvalue weighted by molar-refractivity contribution is -0.149. The lowest BCUT2D eigenvalue weighted by atomic mass is 10.1. The molecule has 8 heteroatoms. The first kappa shape index (κ1) is 18.4. The number of hydrogen-bond acceptors (Lipinski definition) is 6. The summed E-state index contributed by atoms with van der Waals surface area (Å²) < 4.78 is 28.4. The van der Waals surface area contributed by atoms with E-state index in [2.05, 4.69) is 5.32 Å². The van der Waals surface area contributed by atoms with Crippen molar-refractivity contribution in [2.75, 3.05) is 18.5 Å². The Balaban J connectivity index is 1.55. The molecule has 140 valence electrons. The van der Waals surface area contributed by atoms with Crippen molar-refractivity contribution in [3.63, 3.8) is 0 Å². The third kappa shape index (κ3) is 4.60. The van der Waals surface area contributed by atoms with Crippen molar-refractivity contribution in [1.82, 2.24) is 0 Å². The number of ether oxygens (including phenoxy) is 3. The highest BCUT2D eigenvalue weighted by atomic mass is 19.1. The smallest absolute Gasteiger partial charge is 0.347 e. The quantitative estimate of drug-likeness (QED) is 0.617. The summed E-state index contributed by atoms with van der Waals surface area (Å²) in [5, 5.41) is 2.60. The largest absolute Gasteiger partial charge is 0.482 e.